The predicted molar refractivity (Wildman–Crippen MR) is 112 cm³/mol. The second-order valence-corrected chi connectivity index (χ2v) is 9.06. The molecule has 3 rings (SSSR count). The Labute approximate surface area is 182 Å². The van der Waals surface area contributed by atoms with Crippen molar-refractivity contribution >= 4 is 38.5 Å². The van der Waals surface area contributed by atoms with Gasteiger partial charge in [-0.05, 0) is 45.0 Å². The first kappa shape index (κ1) is 23.3. The molecule has 0 aliphatic carbocycles. The molecule has 0 saturated carbocycles. The van der Waals surface area contributed by atoms with Gasteiger partial charge in [0.15, 0.2) is 5.13 Å². The molecule has 2 aromatic rings. The summed E-state index contributed by atoms with van der Waals surface area (Å²) in [4.78, 5) is 33.7. The molecule has 0 radical (unpaired) electrons. The topological polar surface area (TPSA) is 74.8 Å². The second-order valence-electron chi connectivity index (χ2n) is 8.03. The van der Waals surface area contributed by atoms with Crippen molar-refractivity contribution in [2.45, 2.75) is 45.1 Å². The van der Waals surface area contributed by atoms with Crippen LogP contribution in [0.2, 0.25) is 0 Å². The van der Waals surface area contributed by atoms with Crippen molar-refractivity contribution in [3.8, 4) is 5.75 Å². The molecule has 11 heteroatoms. The molecule has 1 unspecified atom stereocenters. The van der Waals surface area contributed by atoms with Crippen molar-refractivity contribution in [2.24, 2.45) is 5.92 Å². The summed E-state index contributed by atoms with van der Waals surface area (Å²) in [6.07, 6.45) is -3.52. The molecule has 7 nitrogen and oxygen atoms in total. The molecular weight excluding hydrogens is 433 g/mol. The van der Waals surface area contributed by atoms with E-state index >= 15 is 0 Å². The lowest BCUT2D eigenvalue weighted by atomic mass is 10.0. The minimum absolute atomic E-state index is 0.0871. The number of thiazole rings is 1. The summed E-state index contributed by atoms with van der Waals surface area (Å²) in [6, 6.07) is 2.86. The maximum Gasteiger partial charge on any atom is 0.573 e. The minimum Gasteiger partial charge on any atom is -0.406 e. The first-order valence-electron chi connectivity index (χ1n) is 9.90. The van der Waals surface area contributed by atoms with Gasteiger partial charge in [0.25, 0.3) is 0 Å². The molecule has 1 saturated heterocycles. The van der Waals surface area contributed by atoms with Gasteiger partial charge in [0, 0.05) is 12.6 Å². The zero-order chi connectivity index (χ0) is 22.9. The van der Waals surface area contributed by atoms with E-state index in [1.165, 1.54) is 18.2 Å². The lowest BCUT2D eigenvalue weighted by Crippen LogP contribution is -2.52. The molecule has 2 heterocycles. The van der Waals surface area contributed by atoms with E-state index in [9.17, 15) is 22.8 Å². The highest BCUT2D eigenvalue weighted by molar-refractivity contribution is 7.22. The third-order valence-electron chi connectivity index (χ3n) is 5.10. The smallest absolute Gasteiger partial charge is 0.406 e. The Morgan fingerprint density at radius 3 is 2.65 bits per heavy atom. The molecule has 1 fully saturated rings. The SMILES string of the molecule is CC(C)C(C(=O)N1CCC[C@@H]1C(=O)Nc1nc2ccc(OC(F)(F)F)cc2s1)N(C)C. The van der Waals surface area contributed by atoms with Crippen LogP contribution < -0.4 is 10.1 Å². The Kier molecular flexibility index (Phi) is 6.75. The van der Waals surface area contributed by atoms with Crippen LogP contribution in [0.5, 0.6) is 5.75 Å². The van der Waals surface area contributed by atoms with Crippen molar-refractivity contribution in [3.63, 3.8) is 0 Å². The van der Waals surface area contributed by atoms with Gasteiger partial charge in [0.2, 0.25) is 11.8 Å². The highest BCUT2D eigenvalue weighted by Gasteiger charge is 2.39. The fourth-order valence-electron chi connectivity index (χ4n) is 3.92. The Bertz CT molecular complexity index is 953. The Morgan fingerprint density at radius 2 is 2.03 bits per heavy atom. The van der Waals surface area contributed by atoms with Gasteiger partial charge in [-0.15, -0.1) is 13.2 Å². The lowest BCUT2D eigenvalue weighted by Gasteiger charge is -2.33. The van der Waals surface area contributed by atoms with E-state index < -0.39 is 12.4 Å². The predicted octanol–water partition coefficient (Wildman–Crippen LogP) is 3.71. The number of ether oxygens (including phenoxy) is 1. The van der Waals surface area contributed by atoms with Crippen LogP contribution in [0, 0.1) is 5.92 Å². The standard InChI is InChI=1S/C20H25F3N4O3S/c1-11(2)16(26(3)4)18(29)27-9-5-6-14(27)17(28)25-19-24-13-8-7-12(10-15(13)31-19)30-20(21,22)23/h7-8,10-11,14,16H,5-6,9H2,1-4H3,(H,24,25,28)/t14-,16?/m1/s1. The van der Waals surface area contributed by atoms with Gasteiger partial charge in [0.1, 0.15) is 11.8 Å². The number of rotatable bonds is 6. The summed E-state index contributed by atoms with van der Waals surface area (Å²) < 4.78 is 41.6. The zero-order valence-corrected chi connectivity index (χ0v) is 18.5. The van der Waals surface area contributed by atoms with Gasteiger partial charge in [-0.2, -0.15) is 0 Å². The van der Waals surface area contributed by atoms with E-state index in [0.29, 0.717) is 23.2 Å². The third-order valence-corrected chi connectivity index (χ3v) is 6.04. The summed E-state index contributed by atoms with van der Waals surface area (Å²) >= 11 is 1.05. The lowest BCUT2D eigenvalue weighted by molar-refractivity contribution is -0.274. The monoisotopic (exact) mass is 458 g/mol. The molecule has 2 atom stereocenters. The maximum atomic E-state index is 13.1. The molecule has 31 heavy (non-hydrogen) atoms. The fraction of sp³-hybridized carbons (Fsp3) is 0.550. The summed E-state index contributed by atoms with van der Waals surface area (Å²) in [5, 5.41) is 2.98. The Balaban J connectivity index is 1.74. The van der Waals surface area contributed by atoms with Gasteiger partial charge < -0.3 is 15.0 Å². The fourth-order valence-corrected chi connectivity index (χ4v) is 4.82. The van der Waals surface area contributed by atoms with Gasteiger partial charge >= 0.3 is 6.36 Å². The van der Waals surface area contributed by atoms with E-state index in [2.05, 4.69) is 15.0 Å². The van der Waals surface area contributed by atoms with Gasteiger partial charge in [-0.1, -0.05) is 25.2 Å². The number of alkyl halides is 3. The highest BCUT2D eigenvalue weighted by Crippen LogP contribution is 2.32. The van der Waals surface area contributed by atoms with Crippen LogP contribution in [-0.2, 0) is 9.59 Å². The first-order chi connectivity index (χ1) is 14.5. The number of likely N-dealkylation sites (N-methyl/N-ethyl adjacent to an activating group) is 1. The second kappa shape index (κ2) is 8.99. The van der Waals surface area contributed by atoms with Crippen LogP contribution in [0.3, 0.4) is 0 Å². The number of halogens is 3. The van der Waals surface area contributed by atoms with E-state index in [1.807, 2.05) is 32.8 Å². The number of nitrogens with one attached hydrogen (secondary N) is 1. The maximum absolute atomic E-state index is 13.1. The number of nitrogens with zero attached hydrogens (tertiary/aromatic N) is 3. The molecule has 1 aliphatic rings. The minimum atomic E-state index is -4.78. The van der Waals surface area contributed by atoms with Crippen LogP contribution >= 0.6 is 11.3 Å². The van der Waals surface area contributed by atoms with E-state index in [-0.39, 0.29) is 34.7 Å². The summed E-state index contributed by atoms with van der Waals surface area (Å²) in [5.41, 5.74) is 0.446. The molecule has 0 spiro atoms. The number of hydrogen-bond donors (Lipinski definition) is 1. The zero-order valence-electron chi connectivity index (χ0n) is 17.7. The third kappa shape index (κ3) is 5.45. The molecule has 1 N–H and O–H groups in total. The number of carbonyl (C=O) groups excluding carboxylic acids is 2. The van der Waals surface area contributed by atoms with Crippen LogP contribution in [-0.4, -0.2) is 65.7 Å². The molecule has 170 valence electrons. The Hall–Kier alpha value is -2.40. The molecule has 1 aliphatic heterocycles. The molecule has 2 amide bonds. The highest BCUT2D eigenvalue weighted by atomic mass is 32.1. The largest absolute Gasteiger partial charge is 0.573 e. The van der Waals surface area contributed by atoms with Crippen molar-refractivity contribution in [1.29, 1.82) is 0 Å². The van der Waals surface area contributed by atoms with Crippen molar-refractivity contribution in [2.75, 3.05) is 26.0 Å². The number of hydrogen-bond acceptors (Lipinski definition) is 6. The molecule has 1 aromatic carbocycles. The summed E-state index contributed by atoms with van der Waals surface area (Å²) in [6.45, 7) is 4.43. The van der Waals surface area contributed by atoms with Crippen LogP contribution in [0.1, 0.15) is 26.7 Å². The van der Waals surface area contributed by atoms with Crippen molar-refractivity contribution in [3.05, 3.63) is 18.2 Å². The quantitative estimate of drug-likeness (QED) is 0.714. The van der Waals surface area contributed by atoms with Crippen molar-refractivity contribution in [1.82, 2.24) is 14.8 Å². The normalized spacial score (nSPS) is 18.1. The van der Waals surface area contributed by atoms with Gasteiger partial charge in [-0.25, -0.2) is 4.98 Å². The number of anilines is 1. The van der Waals surface area contributed by atoms with E-state index in [4.69, 9.17) is 0 Å². The first-order valence-corrected chi connectivity index (χ1v) is 10.7. The summed E-state index contributed by atoms with van der Waals surface area (Å²) in [5.74, 6) is -0.699. The molecular formula is C20H25F3N4O3S. The summed E-state index contributed by atoms with van der Waals surface area (Å²) in [7, 11) is 3.68. The number of aromatic nitrogens is 1. The average Bonchev–Trinajstić information content (AvgIpc) is 3.25. The molecule has 1 aromatic heterocycles. The number of benzene rings is 1. The molecule has 0 bridgehead atoms. The van der Waals surface area contributed by atoms with Gasteiger partial charge in [-0.3, -0.25) is 14.5 Å². The average molecular weight is 459 g/mol. The van der Waals surface area contributed by atoms with Crippen LogP contribution in [0.25, 0.3) is 10.2 Å². The van der Waals surface area contributed by atoms with Crippen LogP contribution in [0.4, 0.5) is 18.3 Å². The number of carbonyl (C=O) groups is 2. The van der Waals surface area contributed by atoms with Gasteiger partial charge in [0.05, 0.1) is 16.3 Å². The Morgan fingerprint density at radius 1 is 1.32 bits per heavy atom. The van der Waals surface area contributed by atoms with E-state index in [0.717, 1.165) is 17.8 Å². The number of fused-ring (bicyclic) bond motifs is 1. The number of amides is 2. The van der Waals surface area contributed by atoms with Crippen LogP contribution in [0.15, 0.2) is 18.2 Å². The van der Waals surface area contributed by atoms with Crippen molar-refractivity contribution < 1.29 is 27.5 Å². The number of likely N-dealkylation sites (tertiary alicyclic amines) is 1. The van der Waals surface area contributed by atoms with E-state index in [1.54, 1.807) is 4.90 Å².